The Morgan fingerprint density at radius 3 is 2.22 bits per heavy atom. The van der Waals surface area contributed by atoms with Crippen LogP contribution in [0.1, 0.15) is 37.7 Å². The van der Waals surface area contributed by atoms with Gasteiger partial charge in [-0.3, -0.25) is 0 Å². The maximum atomic E-state index is 11.0. The molecule has 5 fully saturated rings. The van der Waals surface area contributed by atoms with Gasteiger partial charge in [-0.2, -0.15) is 4.89 Å². The molecule has 2 aromatic carbocycles. The van der Waals surface area contributed by atoms with E-state index in [9.17, 15) is 4.57 Å². The van der Waals surface area contributed by atoms with Crippen LogP contribution in [-0.2, 0) is 24.9 Å². The van der Waals surface area contributed by atoms with Crippen LogP contribution in [0.25, 0.3) is 0 Å². The molecule has 7 heteroatoms. The Labute approximate surface area is 189 Å². The van der Waals surface area contributed by atoms with Gasteiger partial charge in [-0.15, -0.1) is 0 Å². The van der Waals surface area contributed by atoms with Gasteiger partial charge in [0.2, 0.25) is 0 Å². The third-order valence-electron chi connectivity index (χ3n) is 7.92. The van der Waals surface area contributed by atoms with Crippen molar-refractivity contribution >= 4 is 8.69 Å². The van der Waals surface area contributed by atoms with Crippen LogP contribution in [0.2, 0.25) is 0 Å². The monoisotopic (exact) mass is 454 g/mol. The Morgan fingerprint density at radius 1 is 0.844 bits per heavy atom. The van der Waals surface area contributed by atoms with E-state index >= 15 is 0 Å². The number of hydrogen-bond acceptors (Lipinski definition) is 6. The summed E-state index contributed by atoms with van der Waals surface area (Å²) in [5.41, 5.74) is 0.345. The second kappa shape index (κ2) is 8.11. The van der Waals surface area contributed by atoms with Crippen LogP contribution in [0.3, 0.4) is 0 Å². The zero-order valence-corrected chi connectivity index (χ0v) is 18.7. The average Bonchev–Trinajstić information content (AvgIpc) is 2.79. The van der Waals surface area contributed by atoms with E-state index < -0.39 is 11.4 Å². The number of benzene rings is 2. The number of hydrogen-bond donors (Lipinski definition) is 0. The van der Waals surface area contributed by atoms with Crippen molar-refractivity contribution in [3.63, 3.8) is 0 Å². The molecular formula is C25H27O6P. The summed E-state index contributed by atoms with van der Waals surface area (Å²) in [6.07, 6.45) is 6.01. The zero-order valence-electron chi connectivity index (χ0n) is 17.9. The molecule has 1 aliphatic heterocycles. The van der Waals surface area contributed by atoms with Crippen molar-refractivity contribution in [1.82, 2.24) is 0 Å². The molecule has 4 saturated carbocycles. The molecule has 0 aromatic heterocycles. The largest absolute Gasteiger partial charge is 0.491 e. The SMILES string of the molecule is O=POc1cccc(C2(OCCOc3ccccc3)OOC23C2CC4CC(C2)CC3C4)c1. The van der Waals surface area contributed by atoms with Crippen LogP contribution in [0.4, 0.5) is 0 Å². The molecule has 1 heterocycles. The van der Waals surface area contributed by atoms with Gasteiger partial charge >= 0.3 is 8.69 Å². The van der Waals surface area contributed by atoms with E-state index in [2.05, 4.69) is 0 Å². The summed E-state index contributed by atoms with van der Waals surface area (Å²) >= 11 is 0. The first-order valence-corrected chi connectivity index (χ1v) is 12.3. The van der Waals surface area contributed by atoms with E-state index in [0.29, 0.717) is 30.8 Å². The summed E-state index contributed by atoms with van der Waals surface area (Å²) < 4.78 is 28.7. The molecule has 7 rings (SSSR count). The van der Waals surface area contributed by atoms with Crippen molar-refractivity contribution in [2.75, 3.05) is 13.2 Å². The average molecular weight is 454 g/mol. The van der Waals surface area contributed by atoms with Gasteiger partial charge in [0.15, 0.2) is 5.60 Å². The molecule has 4 bridgehead atoms. The molecule has 0 amide bonds. The lowest BCUT2D eigenvalue weighted by atomic mass is 9.47. The first-order chi connectivity index (χ1) is 15.7. The van der Waals surface area contributed by atoms with Gasteiger partial charge in [0, 0.05) is 5.56 Å². The zero-order chi connectivity index (χ0) is 21.6. The third kappa shape index (κ3) is 3.12. The highest BCUT2D eigenvalue weighted by molar-refractivity contribution is 7.17. The minimum absolute atomic E-state index is 0.358. The fourth-order valence-electron chi connectivity index (χ4n) is 6.93. The van der Waals surface area contributed by atoms with E-state index in [-0.39, 0.29) is 8.69 Å². The predicted octanol–water partition coefficient (Wildman–Crippen LogP) is 5.68. The molecule has 2 aromatic rings. The highest BCUT2D eigenvalue weighted by atomic mass is 31.1. The van der Waals surface area contributed by atoms with Crippen molar-refractivity contribution in [3.05, 3.63) is 60.2 Å². The maximum Gasteiger partial charge on any atom is 0.395 e. The van der Waals surface area contributed by atoms with Gasteiger partial charge in [0.05, 0.1) is 6.61 Å². The Kier molecular flexibility index (Phi) is 5.22. The Bertz CT molecular complexity index is 953. The fourth-order valence-corrected chi connectivity index (χ4v) is 7.13. The normalized spacial score (nSPS) is 36.9. The van der Waals surface area contributed by atoms with Crippen LogP contribution >= 0.6 is 8.69 Å². The van der Waals surface area contributed by atoms with E-state index in [4.69, 9.17) is 23.8 Å². The Hall–Kier alpha value is -1.98. The van der Waals surface area contributed by atoms with Crippen molar-refractivity contribution in [3.8, 4) is 11.5 Å². The highest BCUT2D eigenvalue weighted by Gasteiger charge is 2.76. The maximum absolute atomic E-state index is 11.0. The smallest absolute Gasteiger partial charge is 0.395 e. The molecule has 1 unspecified atom stereocenters. The topological polar surface area (TPSA) is 63.2 Å². The predicted molar refractivity (Wildman–Crippen MR) is 116 cm³/mol. The molecule has 0 N–H and O–H groups in total. The lowest BCUT2D eigenvalue weighted by molar-refractivity contribution is -0.648. The van der Waals surface area contributed by atoms with Crippen LogP contribution < -0.4 is 9.26 Å². The summed E-state index contributed by atoms with van der Waals surface area (Å²) in [7, 11) is -0.388. The highest BCUT2D eigenvalue weighted by Crippen LogP contribution is 2.69. The summed E-state index contributed by atoms with van der Waals surface area (Å²) in [6.45, 7) is 0.762. The van der Waals surface area contributed by atoms with Gasteiger partial charge in [0.25, 0.3) is 5.79 Å². The second-order valence-electron chi connectivity index (χ2n) is 9.58. The van der Waals surface area contributed by atoms with Crippen LogP contribution in [0, 0.1) is 23.7 Å². The van der Waals surface area contributed by atoms with E-state index in [1.807, 2.05) is 48.5 Å². The van der Waals surface area contributed by atoms with E-state index in [1.165, 1.54) is 6.42 Å². The van der Waals surface area contributed by atoms with Crippen LogP contribution in [0.15, 0.2) is 54.6 Å². The van der Waals surface area contributed by atoms with Crippen molar-refractivity contribution in [1.29, 1.82) is 0 Å². The molecule has 1 spiro atoms. The first kappa shape index (κ1) is 20.6. The molecule has 1 atom stereocenters. The molecule has 168 valence electrons. The lowest BCUT2D eigenvalue weighted by Crippen LogP contribution is -2.76. The van der Waals surface area contributed by atoms with Gasteiger partial charge in [-0.25, -0.2) is 9.45 Å². The molecule has 6 nitrogen and oxygen atoms in total. The molecule has 4 aliphatic carbocycles. The van der Waals surface area contributed by atoms with Crippen LogP contribution in [0.5, 0.6) is 11.5 Å². The molecule has 32 heavy (non-hydrogen) atoms. The third-order valence-corrected chi connectivity index (χ3v) is 8.21. The van der Waals surface area contributed by atoms with Gasteiger partial charge in [-0.05, 0) is 80.0 Å². The summed E-state index contributed by atoms with van der Waals surface area (Å²) in [4.78, 5) is 12.1. The van der Waals surface area contributed by atoms with Gasteiger partial charge in [0.1, 0.15) is 18.1 Å². The molecule has 0 radical (unpaired) electrons. The summed E-state index contributed by atoms with van der Waals surface area (Å²) in [6, 6.07) is 17.2. The van der Waals surface area contributed by atoms with E-state index in [1.54, 1.807) is 6.07 Å². The first-order valence-electron chi connectivity index (χ1n) is 11.5. The van der Waals surface area contributed by atoms with Crippen molar-refractivity contribution < 1.29 is 28.3 Å². The number of rotatable bonds is 8. The van der Waals surface area contributed by atoms with E-state index in [0.717, 1.165) is 48.8 Å². The summed E-state index contributed by atoms with van der Waals surface area (Å²) in [5.74, 6) is 2.70. The molecular weight excluding hydrogens is 427 g/mol. The standard InChI is InChI=1S/C25H27O6P/c26-32-29-23-8-4-5-19(16-23)25(28-10-9-27-22-6-2-1-3-7-22)24(30-31-25)20-12-17-11-18(14-20)15-21(24)13-17/h1-8,16-18,20-21H,9-15H2. The minimum Gasteiger partial charge on any atom is -0.491 e. The van der Waals surface area contributed by atoms with Gasteiger partial charge in [-0.1, -0.05) is 30.3 Å². The summed E-state index contributed by atoms with van der Waals surface area (Å²) in [5, 5.41) is 0. The fraction of sp³-hybridized carbons (Fsp3) is 0.520. The minimum atomic E-state index is -1.02. The number of para-hydroxylation sites is 1. The lowest BCUT2D eigenvalue weighted by Gasteiger charge is -2.68. The second-order valence-corrected chi connectivity index (χ2v) is 9.92. The number of ether oxygens (including phenoxy) is 2. The van der Waals surface area contributed by atoms with Crippen molar-refractivity contribution in [2.24, 2.45) is 23.7 Å². The Balaban J connectivity index is 1.30. The quantitative estimate of drug-likeness (QED) is 0.291. The Morgan fingerprint density at radius 2 is 1.56 bits per heavy atom. The molecule has 1 saturated heterocycles. The molecule has 5 aliphatic rings. The van der Waals surface area contributed by atoms with Crippen molar-refractivity contribution in [2.45, 2.75) is 43.5 Å². The van der Waals surface area contributed by atoms with Crippen LogP contribution in [-0.4, -0.2) is 18.8 Å². The van der Waals surface area contributed by atoms with Gasteiger partial charge < -0.3 is 14.0 Å².